The molecule has 0 radical (unpaired) electrons. The fraction of sp³-hybridized carbons (Fsp3) is 0.400. The molecule has 1 rings (SSSR count). The molecule has 0 aliphatic heterocycles. The predicted molar refractivity (Wildman–Crippen MR) is 73.4 cm³/mol. The lowest BCUT2D eigenvalue weighted by molar-refractivity contribution is 0.296. The van der Waals surface area contributed by atoms with Crippen molar-refractivity contribution in [2.75, 3.05) is 12.9 Å². The molecule has 0 aliphatic rings. The lowest BCUT2D eigenvalue weighted by atomic mass is 10.1. The molecule has 96 valence electrons. The molecule has 0 aliphatic carbocycles. The van der Waals surface area contributed by atoms with Crippen LogP contribution in [0.15, 0.2) is 24.3 Å². The number of halogens is 2. The summed E-state index contributed by atoms with van der Waals surface area (Å²) in [5.74, 6) is 0.270. The summed E-state index contributed by atoms with van der Waals surface area (Å²) in [6.07, 6.45) is 0.995. The van der Waals surface area contributed by atoms with E-state index in [1.165, 1.54) is 0 Å². The van der Waals surface area contributed by atoms with Crippen LogP contribution in [0.25, 0.3) is 0 Å². The highest BCUT2D eigenvalue weighted by Crippen LogP contribution is 2.31. The minimum atomic E-state index is -3.49. The van der Waals surface area contributed by atoms with Gasteiger partial charge in [-0.2, -0.15) is 8.42 Å². The second-order valence-corrected chi connectivity index (χ2v) is 7.19. The number of alkyl halides is 2. The Kier molecular flexibility index (Phi) is 5.43. The highest BCUT2D eigenvalue weighted by atomic mass is 79.9. The van der Waals surface area contributed by atoms with E-state index < -0.39 is 10.1 Å². The summed E-state index contributed by atoms with van der Waals surface area (Å²) < 4.78 is 26.5. The SMILES string of the molecule is CS(=O)(=O)Oc1ccc([C@H](Br)[C@H](Br)CO)cc1. The molecule has 0 heterocycles. The monoisotopic (exact) mass is 386 g/mol. The van der Waals surface area contributed by atoms with E-state index >= 15 is 0 Å². The second kappa shape index (κ2) is 6.17. The molecule has 1 N–H and O–H groups in total. The second-order valence-electron chi connectivity index (χ2n) is 3.46. The van der Waals surface area contributed by atoms with Gasteiger partial charge in [0.1, 0.15) is 5.75 Å². The van der Waals surface area contributed by atoms with Gasteiger partial charge in [-0.15, -0.1) is 0 Å². The van der Waals surface area contributed by atoms with Crippen molar-refractivity contribution < 1.29 is 17.7 Å². The Balaban J connectivity index is 2.81. The minimum Gasteiger partial charge on any atom is -0.395 e. The van der Waals surface area contributed by atoms with Gasteiger partial charge in [0.2, 0.25) is 0 Å². The molecule has 0 bridgehead atoms. The lowest BCUT2D eigenvalue weighted by Crippen LogP contribution is -2.11. The maximum absolute atomic E-state index is 10.9. The van der Waals surface area contributed by atoms with Crippen LogP contribution in [-0.4, -0.2) is 31.2 Å². The van der Waals surface area contributed by atoms with Crippen LogP contribution in [0.4, 0.5) is 0 Å². The van der Waals surface area contributed by atoms with Crippen molar-refractivity contribution in [1.29, 1.82) is 0 Å². The third kappa shape index (κ3) is 4.95. The van der Waals surface area contributed by atoms with Crippen molar-refractivity contribution in [3.8, 4) is 5.75 Å². The van der Waals surface area contributed by atoms with E-state index in [9.17, 15) is 8.42 Å². The lowest BCUT2D eigenvalue weighted by Gasteiger charge is -2.15. The molecule has 1 aromatic rings. The maximum Gasteiger partial charge on any atom is 0.306 e. The minimum absolute atomic E-state index is 0.00247. The number of hydrogen-bond acceptors (Lipinski definition) is 4. The zero-order valence-electron chi connectivity index (χ0n) is 9.01. The van der Waals surface area contributed by atoms with E-state index in [-0.39, 0.29) is 22.0 Å². The Labute approximate surface area is 117 Å². The van der Waals surface area contributed by atoms with Crippen LogP contribution in [0.2, 0.25) is 0 Å². The van der Waals surface area contributed by atoms with Gasteiger partial charge >= 0.3 is 10.1 Å². The predicted octanol–water partition coefficient (Wildman–Crippen LogP) is 2.22. The first-order valence-corrected chi connectivity index (χ1v) is 8.36. The van der Waals surface area contributed by atoms with Gasteiger partial charge in [-0.3, -0.25) is 0 Å². The third-order valence-corrected chi connectivity index (χ3v) is 5.13. The summed E-state index contributed by atoms with van der Waals surface area (Å²) in [7, 11) is -3.49. The maximum atomic E-state index is 10.9. The van der Waals surface area contributed by atoms with E-state index in [2.05, 4.69) is 31.9 Å². The van der Waals surface area contributed by atoms with Crippen LogP contribution in [0.3, 0.4) is 0 Å². The fourth-order valence-electron chi connectivity index (χ4n) is 1.18. The summed E-state index contributed by atoms with van der Waals surface area (Å²) in [5, 5.41) is 8.99. The van der Waals surface area contributed by atoms with Crippen molar-refractivity contribution in [2.45, 2.75) is 9.65 Å². The van der Waals surface area contributed by atoms with Gasteiger partial charge in [0, 0.05) is 0 Å². The molecule has 2 atom stereocenters. The Morgan fingerprint density at radius 2 is 1.82 bits per heavy atom. The number of aliphatic hydroxyl groups is 1. The molecule has 0 unspecified atom stereocenters. The molecule has 0 amide bonds. The summed E-state index contributed by atoms with van der Waals surface area (Å²) in [6, 6.07) is 6.62. The average Bonchev–Trinajstić information content (AvgIpc) is 2.26. The molecular formula is C10H12Br2O4S. The number of hydrogen-bond donors (Lipinski definition) is 1. The van der Waals surface area contributed by atoms with Crippen LogP contribution in [-0.2, 0) is 10.1 Å². The third-order valence-electron chi connectivity index (χ3n) is 1.94. The normalized spacial score (nSPS) is 15.3. The quantitative estimate of drug-likeness (QED) is 0.621. The zero-order valence-corrected chi connectivity index (χ0v) is 13.0. The highest BCUT2D eigenvalue weighted by molar-refractivity contribution is 9.12. The standard InChI is InChI=1S/C10H12Br2O4S/c1-17(14,15)16-8-4-2-7(3-5-8)10(12)9(11)6-13/h2-5,9-10,13H,6H2,1H3/t9-,10+/m1/s1. The number of rotatable bonds is 5. The highest BCUT2D eigenvalue weighted by Gasteiger charge is 2.17. The molecule has 17 heavy (non-hydrogen) atoms. The molecule has 1 aromatic carbocycles. The molecule has 0 fully saturated rings. The molecule has 0 aromatic heterocycles. The van der Waals surface area contributed by atoms with Crippen LogP contribution in [0, 0.1) is 0 Å². The zero-order chi connectivity index (χ0) is 13.1. The Hall–Kier alpha value is -0.110. The number of benzene rings is 1. The molecule has 7 heteroatoms. The summed E-state index contributed by atoms with van der Waals surface area (Å²) >= 11 is 6.75. The molecule has 0 saturated heterocycles. The van der Waals surface area contributed by atoms with E-state index in [0.717, 1.165) is 11.8 Å². The van der Waals surface area contributed by atoms with Crippen molar-refractivity contribution in [3.63, 3.8) is 0 Å². The van der Waals surface area contributed by atoms with Crippen molar-refractivity contribution in [1.82, 2.24) is 0 Å². The van der Waals surface area contributed by atoms with Crippen LogP contribution >= 0.6 is 31.9 Å². The van der Waals surface area contributed by atoms with Gasteiger partial charge in [-0.25, -0.2) is 0 Å². The Morgan fingerprint density at radius 3 is 2.24 bits per heavy atom. The first-order chi connectivity index (χ1) is 7.83. The fourth-order valence-corrected chi connectivity index (χ4v) is 2.42. The van der Waals surface area contributed by atoms with Crippen molar-refractivity contribution in [3.05, 3.63) is 29.8 Å². The Bertz CT molecular complexity index is 458. The van der Waals surface area contributed by atoms with Gasteiger partial charge < -0.3 is 9.29 Å². The van der Waals surface area contributed by atoms with Crippen LogP contribution < -0.4 is 4.18 Å². The van der Waals surface area contributed by atoms with Gasteiger partial charge in [0.05, 0.1) is 22.5 Å². The first kappa shape index (κ1) is 14.9. The number of aliphatic hydroxyl groups excluding tert-OH is 1. The van der Waals surface area contributed by atoms with E-state index in [0.29, 0.717) is 0 Å². The van der Waals surface area contributed by atoms with Gasteiger partial charge in [-0.05, 0) is 17.7 Å². The van der Waals surface area contributed by atoms with Crippen LogP contribution in [0.5, 0.6) is 5.75 Å². The smallest absolute Gasteiger partial charge is 0.306 e. The topological polar surface area (TPSA) is 63.6 Å². The Morgan fingerprint density at radius 1 is 1.29 bits per heavy atom. The van der Waals surface area contributed by atoms with E-state index in [1.807, 2.05) is 0 Å². The van der Waals surface area contributed by atoms with Gasteiger partial charge in [0.25, 0.3) is 0 Å². The van der Waals surface area contributed by atoms with E-state index in [4.69, 9.17) is 9.29 Å². The summed E-state index contributed by atoms with van der Waals surface area (Å²) in [6.45, 7) is -0.00247. The molecule has 0 spiro atoms. The molecular weight excluding hydrogens is 376 g/mol. The van der Waals surface area contributed by atoms with Gasteiger partial charge in [-0.1, -0.05) is 44.0 Å². The summed E-state index contributed by atoms with van der Waals surface area (Å²) in [5.41, 5.74) is 0.918. The van der Waals surface area contributed by atoms with Crippen molar-refractivity contribution >= 4 is 42.0 Å². The largest absolute Gasteiger partial charge is 0.395 e. The first-order valence-electron chi connectivity index (χ1n) is 4.72. The summed E-state index contributed by atoms with van der Waals surface area (Å²) in [4.78, 5) is -0.163. The molecule has 4 nitrogen and oxygen atoms in total. The van der Waals surface area contributed by atoms with Crippen LogP contribution in [0.1, 0.15) is 10.4 Å². The average molecular weight is 388 g/mol. The molecule has 0 saturated carbocycles. The van der Waals surface area contributed by atoms with Crippen molar-refractivity contribution in [2.24, 2.45) is 0 Å². The van der Waals surface area contributed by atoms with Gasteiger partial charge in [0.15, 0.2) is 0 Å². The van der Waals surface area contributed by atoms with E-state index in [1.54, 1.807) is 24.3 Å².